The summed E-state index contributed by atoms with van der Waals surface area (Å²) in [5.74, 6) is -1.48. The number of fused-ring (bicyclic) bond motifs is 1. The van der Waals surface area contributed by atoms with E-state index in [2.05, 4.69) is 5.32 Å². The molecular weight excluding hydrogens is 417 g/mol. The van der Waals surface area contributed by atoms with Crippen LogP contribution in [0.1, 0.15) is 0 Å². The fourth-order valence-electron chi connectivity index (χ4n) is 2.45. The van der Waals surface area contributed by atoms with Crippen LogP contribution in [0.3, 0.4) is 0 Å². The third kappa shape index (κ3) is 4.13. The minimum Gasteiger partial charge on any atom is -0.323 e. The van der Waals surface area contributed by atoms with Crippen LogP contribution in [0.15, 0.2) is 59.5 Å². The monoisotopic (exact) mass is 427 g/mol. The van der Waals surface area contributed by atoms with Crippen molar-refractivity contribution in [2.75, 3.05) is 11.1 Å². The van der Waals surface area contributed by atoms with Crippen molar-refractivity contribution >= 4 is 67.0 Å². The molecule has 0 radical (unpaired) electrons. The Labute approximate surface area is 165 Å². The second-order valence-corrected chi connectivity index (χ2v) is 8.80. The minimum atomic E-state index is -3.83. The zero-order valence-electron chi connectivity index (χ0n) is 13.2. The molecule has 1 amide bonds. The summed E-state index contributed by atoms with van der Waals surface area (Å²) >= 11 is 17.8. The van der Waals surface area contributed by atoms with Crippen molar-refractivity contribution in [3.63, 3.8) is 0 Å². The topological polar surface area (TPSA) is 63.2 Å². The molecule has 0 atom stereocenters. The van der Waals surface area contributed by atoms with E-state index in [1.807, 2.05) is 24.3 Å². The lowest BCUT2D eigenvalue weighted by Crippen LogP contribution is -2.23. The minimum absolute atomic E-state index is 0.0691. The number of carbonyl (C=O) groups is 1. The van der Waals surface area contributed by atoms with E-state index in [4.69, 9.17) is 34.8 Å². The van der Waals surface area contributed by atoms with Crippen LogP contribution >= 0.6 is 34.8 Å². The van der Waals surface area contributed by atoms with Crippen molar-refractivity contribution in [3.8, 4) is 0 Å². The Hall–Kier alpha value is -1.79. The molecule has 0 heterocycles. The van der Waals surface area contributed by atoms with Crippen molar-refractivity contribution in [1.82, 2.24) is 0 Å². The SMILES string of the molecule is O=C(CS(=O)(=O)c1ccc2ccccc2c1)Nc1c(Cl)cc(Cl)cc1Cl. The maximum absolute atomic E-state index is 12.6. The number of benzene rings is 3. The van der Waals surface area contributed by atoms with Gasteiger partial charge in [0, 0.05) is 5.02 Å². The lowest BCUT2D eigenvalue weighted by atomic mass is 10.1. The van der Waals surface area contributed by atoms with Gasteiger partial charge in [-0.15, -0.1) is 0 Å². The van der Waals surface area contributed by atoms with Crippen LogP contribution < -0.4 is 5.32 Å². The van der Waals surface area contributed by atoms with E-state index in [0.29, 0.717) is 5.02 Å². The lowest BCUT2D eigenvalue weighted by molar-refractivity contribution is -0.113. The summed E-state index contributed by atoms with van der Waals surface area (Å²) in [5, 5.41) is 4.67. The first-order chi connectivity index (χ1) is 12.3. The first-order valence-corrected chi connectivity index (χ1v) is 10.2. The molecule has 3 aromatic rings. The van der Waals surface area contributed by atoms with Crippen LogP contribution in [-0.2, 0) is 14.6 Å². The van der Waals surface area contributed by atoms with Gasteiger partial charge in [0.15, 0.2) is 9.84 Å². The Morgan fingerprint density at radius 1 is 0.885 bits per heavy atom. The molecule has 0 saturated heterocycles. The van der Waals surface area contributed by atoms with Gasteiger partial charge in [0.2, 0.25) is 5.91 Å². The molecule has 0 fully saturated rings. The number of nitrogens with one attached hydrogen (secondary N) is 1. The normalized spacial score (nSPS) is 11.5. The quantitative estimate of drug-likeness (QED) is 0.620. The molecule has 26 heavy (non-hydrogen) atoms. The average molecular weight is 429 g/mol. The first kappa shape index (κ1) is 19.0. The molecule has 0 aliphatic carbocycles. The Morgan fingerprint density at radius 2 is 1.50 bits per heavy atom. The Balaban J connectivity index is 1.83. The summed E-state index contributed by atoms with van der Waals surface area (Å²) in [6.45, 7) is 0. The summed E-state index contributed by atoms with van der Waals surface area (Å²) in [7, 11) is -3.83. The van der Waals surface area contributed by atoms with Crippen LogP contribution in [0, 0.1) is 0 Å². The molecule has 0 aromatic heterocycles. The molecule has 0 unspecified atom stereocenters. The molecule has 3 aromatic carbocycles. The van der Waals surface area contributed by atoms with Crippen LogP contribution in [-0.4, -0.2) is 20.1 Å². The molecule has 134 valence electrons. The summed E-state index contributed by atoms with van der Waals surface area (Å²) < 4.78 is 25.1. The van der Waals surface area contributed by atoms with Crippen molar-refractivity contribution < 1.29 is 13.2 Å². The number of carbonyl (C=O) groups excluding carboxylic acids is 1. The standard InChI is InChI=1S/C18H12Cl3NO3S/c19-13-8-15(20)18(16(21)9-13)22-17(23)10-26(24,25)14-6-5-11-3-1-2-4-12(11)7-14/h1-9H,10H2,(H,22,23). The second-order valence-electron chi connectivity index (χ2n) is 5.56. The summed E-state index contributed by atoms with van der Waals surface area (Å²) in [4.78, 5) is 12.3. The van der Waals surface area contributed by atoms with E-state index in [0.717, 1.165) is 10.8 Å². The molecule has 0 aliphatic rings. The van der Waals surface area contributed by atoms with Gasteiger partial charge in [-0.05, 0) is 35.0 Å². The fraction of sp³-hybridized carbons (Fsp3) is 0.0556. The molecule has 0 bridgehead atoms. The number of sulfone groups is 1. The van der Waals surface area contributed by atoms with E-state index in [-0.39, 0.29) is 20.6 Å². The number of hydrogen-bond acceptors (Lipinski definition) is 3. The Morgan fingerprint density at radius 3 is 2.15 bits per heavy atom. The van der Waals surface area contributed by atoms with Gasteiger partial charge in [0.05, 0.1) is 20.6 Å². The molecule has 0 spiro atoms. The van der Waals surface area contributed by atoms with Gasteiger partial charge in [-0.2, -0.15) is 0 Å². The molecule has 0 aliphatic heterocycles. The van der Waals surface area contributed by atoms with E-state index in [1.54, 1.807) is 12.1 Å². The van der Waals surface area contributed by atoms with Gasteiger partial charge in [-0.25, -0.2) is 8.42 Å². The van der Waals surface area contributed by atoms with Crippen molar-refractivity contribution in [2.45, 2.75) is 4.90 Å². The van der Waals surface area contributed by atoms with E-state index in [1.165, 1.54) is 18.2 Å². The van der Waals surface area contributed by atoms with Crippen molar-refractivity contribution in [2.24, 2.45) is 0 Å². The highest BCUT2D eigenvalue weighted by atomic mass is 35.5. The van der Waals surface area contributed by atoms with Crippen LogP contribution in [0.4, 0.5) is 5.69 Å². The van der Waals surface area contributed by atoms with Crippen molar-refractivity contribution in [3.05, 3.63) is 69.7 Å². The molecular formula is C18H12Cl3NO3S. The molecule has 8 heteroatoms. The van der Waals surface area contributed by atoms with Gasteiger partial charge >= 0.3 is 0 Å². The van der Waals surface area contributed by atoms with Crippen LogP contribution in [0.5, 0.6) is 0 Å². The van der Waals surface area contributed by atoms with E-state index < -0.39 is 21.5 Å². The molecule has 3 rings (SSSR count). The van der Waals surface area contributed by atoms with Gasteiger partial charge in [0.1, 0.15) is 5.75 Å². The lowest BCUT2D eigenvalue weighted by Gasteiger charge is -2.10. The van der Waals surface area contributed by atoms with Gasteiger partial charge in [0.25, 0.3) is 0 Å². The van der Waals surface area contributed by atoms with E-state index >= 15 is 0 Å². The zero-order chi connectivity index (χ0) is 18.9. The third-order valence-electron chi connectivity index (χ3n) is 3.67. The maximum Gasteiger partial charge on any atom is 0.240 e. The Kier molecular flexibility index (Phi) is 5.44. The van der Waals surface area contributed by atoms with Crippen LogP contribution in [0.25, 0.3) is 10.8 Å². The van der Waals surface area contributed by atoms with Crippen LogP contribution in [0.2, 0.25) is 15.1 Å². The third-order valence-corrected chi connectivity index (χ3v) is 6.10. The van der Waals surface area contributed by atoms with Gasteiger partial charge < -0.3 is 5.32 Å². The largest absolute Gasteiger partial charge is 0.323 e. The maximum atomic E-state index is 12.6. The molecule has 4 nitrogen and oxygen atoms in total. The smallest absolute Gasteiger partial charge is 0.240 e. The highest BCUT2D eigenvalue weighted by Gasteiger charge is 2.21. The Bertz CT molecular complexity index is 1090. The fourth-order valence-corrected chi connectivity index (χ4v) is 4.53. The highest BCUT2D eigenvalue weighted by Crippen LogP contribution is 2.33. The first-order valence-electron chi connectivity index (χ1n) is 7.42. The summed E-state index contributed by atoms with van der Waals surface area (Å²) in [6, 6.07) is 14.9. The summed E-state index contributed by atoms with van der Waals surface area (Å²) in [6.07, 6.45) is 0. The van der Waals surface area contributed by atoms with Gasteiger partial charge in [-0.3, -0.25) is 4.79 Å². The van der Waals surface area contributed by atoms with Crippen molar-refractivity contribution in [1.29, 1.82) is 0 Å². The highest BCUT2D eigenvalue weighted by molar-refractivity contribution is 7.92. The second kappa shape index (κ2) is 7.45. The summed E-state index contributed by atoms with van der Waals surface area (Å²) in [5.41, 5.74) is 0.122. The zero-order valence-corrected chi connectivity index (χ0v) is 16.3. The number of rotatable bonds is 4. The van der Waals surface area contributed by atoms with E-state index in [9.17, 15) is 13.2 Å². The number of anilines is 1. The predicted octanol–water partition coefficient (Wildman–Crippen LogP) is 5.21. The number of halogens is 3. The number of hydrogen-bond donors (Lipinski definition) is 1. The molecule has 1 N–H and O–H groups in total. The number of amides is 1. The van der Waals surface area contributed by atoms with Gasteiger partial charge in [-0.1, -0.05) is 65.1 Å². The molecule has 0 saturated carbocycles. The average Bonchev–Trinajstić information content (AvgIpc) is 2.57. The predicted molar refractivity (Wildman–Crippen MR) is 106 cm³/mol.